The average Bonchev–Trinajstić information content (AvgIpc) is 2.90. The summed E-state index contributed by atoms with van der Waals surface area (Å²) in [6.45, 7) is 0.837. The monoisotopic (exact) mass is 340 g/mol. The molecule has 0 spiro atoms. The summed E-state index contributed by atoms with van der Waals surface area (Å²) in [7, 11) is 1.68. The number of nitrogens with zero attached hydrogens (tertiary/aromatic N) is 3. The summed E-state index contributed by atoms with van der Waals surface area (Å²) in [5.41, 5.74) is 2.45. The third-order valence-corrected chi connectivity index (χ3v) is 5.28. The standard InChI is InChI=1S/C19H24N4O2/c1-25-14-9-10-15-13(12-14)6-5-7-16(15)20-19(24)18-22-21-17-8-3-2-4-11-23(17)18/h9-10,12,16H,2-8,11H2,1H3,(H,20,24)/t16-/m1/s1. The molecule has 0 saturated heterocycles. The highest BCUT2D eigenvalue weighted by molar-refractivity contribution is 5.91. The number of aromatic nitrogens is 3. The molecule has 1 aliphatic heterocycles. The summed E-state index contributed by atoms with van der Waals surface area (Å²) >= 11 is 0. The number of carbonyl (C=O) groups excluding carboxylic acids is 1. The predicted octanol–water partition coefficient (Wildman–Crippen LogP) is 2.82. The molecule has 0 fully saturated rings. The number of amides is 1. The Morgan fingerprint density at radius 2 is 2.12 bits per heavy atom. The van der Waals surface area contributed by atoms with Crippen LogP contribution in [-0.2, 0) is 19.4 Å². The van der Waals surface area contributed by atoms with E-state index >= 15 is 0 Å². The molecular formula is C19H24N4O2. The Morgan fingerprint density at radius 1 is 1.20 bits per heavy atom. The van der Waals surface area contributed by atoms with E-state index in [0.29, 0.717) is 5.82 Å². The number of fused-ring (bicyclic) bond motifs is 2. The van der Waals surface area contributed by atoms with Crippen LogP contribution in [0.5, 0.6) is 5.75 Å². The van der Waals surface area contributed by atoms with Crippen molar-refractivity contribution in [1.82, 2.24) is 20.1 Å². The summed E-state index contributed by atoms with van der Waals surface area (Å²) in [5, 5.41) is 11.6. The molecule has 2 aromatic rings. The Balaban J connectivity index is 1.56. The van der Waals surface area contributed by atoms with E-state index in [1.807, 2.05) is 10.6 Å². The van der Waals surface area contributed by atoms with Crippen LogP contribution < -0.4 is 10.1 Å². The number of benzene rings is 1. The van der Waals surface area contributed by atoms with Crippen LogP contribution in [0.15, 0.2) is 18.2 Å². The van der Waals surface area contributed by atoms with Crippen molar-refractivity contribution in [3.8, 4) is 5.75 Å². The second kappa shape index (κ2) is 6.86. The van der Waals surface area contributed by atoms with Crippen LogP contribution >= 0.6 is 0 Å². The van der Waals surface area contributed by atoms with Gasteiger partial charge in [0.05, 0.1) is 13.2 Å². The average molecular weight is 340 g/mol. The summed E-state index contributed by atoms with van der Waals surface area (Å²) in [6, 6.07) is 6.15. The van der Waals surface area contributed by atoms with Crippen molar-refractivity contribution in [3.63, 3.8) is 0 Å². The van der Waals surface area contributed by atoms with Gasteiger partial charge in [-0.05, 0) is 55.4 Å². The molecule has 4 rings (SSSR count). The van der Waals surface area contributed by atoms with Crippen molar-refractivity contribution in [3.05, 3.63) is 41.0 Å². The van der Waals surface area contributed by atoms with Crippen LogP contribution in [0.4, 0.5) is 0 Å². The maximum absolute atomic E-state index is 12.8. The fourth-order valence-electron chi connectivity index (χ4n) is 3.94. The van der Waals surface area contributed by atoms with Gasteiger partial charge in [-0.1, -0.05) is 12.5 Å². The molecule has 2 aliphatic rings. The fourth-order valence-corrected chi connectivity index (χ4v) is 3.94. The normalized spacial score (nSPS) is 19.5. The lowest BCUT2D eigenvalue weighted by Gasteiger charge is -2.26. The number of hydrogen-bond acceptors (Lipinski definition) is 4. The van der Waals surface area contributed by atoms with Crippen LogP contribution in [0.1, 0.15) is 65.7 Å². The van der Waals surface area contributed by atoms with E-state index in [-0.39, 0.29) is 11.9 Å². The van der Waals surface area contributed by atoms with Crippen molar-refractivity contribution in [2.24, 2.45) is 0 Å². The largest absolute Gasteiger partial charge is 0.497 e. The highest BCUT2D eigenvalue weighted by Gasteiger charge is 2.26. The number of nitrogens with one attached hydrogen (secondary N) is 1. The molecule has 1 aromatic carbocycles. The molecule has 6 nitrogen and oxygen atoms in total. The number of rotatable bonds is 3. The van der Waals surface area contributed by atoms with Gasteiger partial charge >= 0.3 is 0 Å². The van der Waals surface area contributed by atoms with Crippen molar-refractivity contribution in [2.75, 3.05) is 7.11 Å². The first-order valence-corrected chi connectivity index (χ1v) is 9.16. The van der Waals surface area contributed by atoms with Crippen LogP contribution in [0.3, 0.4) is 0 Å². The summed E-state index contributed by atoms with van der Waals surface area (Å²) < 4.78 is 7.32. The fraction of sp³-hybridized carbons (Fsp3) is 0.526. The summed E-state index contributed by atoms with van der Waals surface area (Å²) in [6.07, 6.45) is 7.33. The molecule has 0 unspecified atom stereocenters. The predicted molar refractivity (Wildman–Crippen MR) is 93.7 cm³/mol. The number of ether oxygens (including phenoxy) is 1. The zero-order chi connectivity index (χ0) is 17.2. The molecule has 1 N–H and O–H groups in total. The lowest BCUT2D eigenvalue weighted by Crippen LogP contribution is -2.33. The first-order chi connectivity index (χ1) is 12.3. The minimum atomic E-state index is -0.116. The van der Waals surface area contributed by atoms with Gasteiger partial charge in [0.25, 0.3) is 5.91 Å². The van der Waals surface area contributed by atoms with Gasteiger partial charge in [0.1, 0.15) is 11.6 Å². The van der Waals surface area contributed by atoms with Gasteiger partial charge in [-0.25, -0.2) is 0 Å². The van der Waals surface area contributed by atoms with E-state index in [1.165, 1.54) is 17.5 Å². The third-order valence-electron chi connectivity index (χ3n) is 5.28. The summed E-state index contributed by atoms with van der Waals surface area (Å²) in [5.74, 6) is 2.15. The molecule has 0 saturated carbocycles. The molecular weight excluding hydrogens is 316 g/mol. The van der Waals surface area contributed by atoms with Crippen LogP contribution in [0.25, 0.3) is 0 Å². The molecule has 1 aliphatic carbocycles. The van der Waals surface area contributed by atoms with E-state index in [9.17, 15) is 4.79 Å². The molecule has 1 aromatic heterocycles. The van der Waals surface area contributed by atoms with E-state index in [2.05, 4.69) is 27.6 Å². The van der Waals surface area contributed by atoms with E-state index in [0.717, 1.165) is 56.6 Å². The Kier molecular flexibility index (Phi) is 4.42. The van der Waals surface area contributed by atoms with E-state index in [4.69, 9.17) is 4.74 Å². The number of aryl methyl sites for hydroxylation is 2. The van der Waals surface area contributed by atoms with E-state index in [1.54, 1.807) is 7.11 Å². The highest BCUT2D eigenvalue weighted by atomic mass is 16.5. The molecule has 1 amide bonds. The third kappa shape index (κ3) is 3.13. The summed E-state index contributed by atoms with van der Waals surface area (Å²) in [4.78, 5) is 12.8. The first kappa shape index (κ1) is 16.1. The Hall–Kier alpha value is -2.37. The first-order valence-electron chi connectivity index (χ1n) is 9.16. The van der Waals surface area contributed by atoms with Gasteiger partial charge < -0.3 is 14.6 Å². The van der Waals surface area contributed by atoms with Crippen molar-refractivity contribution in [1.29, 1.82) is 0 Å². The van der Waals surface area contributed by atoms with Crippen molar-refractivity contribution in [2.45, 2.75) is 57.5 Å². The second-order valence-electron chi connectivity index (χ2n) is 6.89. The molecule has 2 heterocycles. The van der Waals surface area contributed by atoms with Gasteiger partial charge in [0, 0.05) is 13.0 Å². The number of hydrogen-bond donors (Lipinski definition) is 1. The molecule has 0 bridgehead atoms. The smallest absolute Gasteiger partial charge is 0.289 e. The SMILES string of the molecule is COc1ccc2c(c1)CCC[C@H]2NC(=O)c1nnc2n1CCCCC2. The van der Waals surface area contributed by atoms with Gasteiger partial charge in [0.15, 0.2) is 0 Å². The zero-order valence-corrected chi connectivity index (χ0v) is 14.6. The molecule has 6 heteroatoms. The number of carbonyl (C=O) groups is 1. The van der Waals surface area contributed by atoms with Gasteiger partial charge in [-0.15, -0.1) is 10.2 Å². The molecule has 0 radical (unpaired) electrons. The van der Waals surface area contributed by atoms with Gasteiger partial charge in [-0.2, -0.15) is 0 Å². The van der Waals surface area contributed by atoms with Crippen molar-refractivity contribution >= 4 is 5.91 Å². The minimum absolute atomic E-state index is 0.0286. The Bertz CT molecular complexity index is 784. The second-order valence-corrected chi connectivity index (χ2v) is 6.89. The lowest BCUT2D eigenvalue weighted by molar-refractivity contribution is 0.0917. The lowest BCUT2D eigenvalue weighted by atomic mass is 9.87. The maximum Gasteiger partial charge on any atom is 0.289 e. The van der Waals surface area contributed by atoms with Crippen LogP contribution in [-0.4, -0.2) is 27.8 Å². The quantitative estimate of drug-likeness (QED) is 0.933. The van der Waals surface area contributed by atoms with Crippen LogP contribution in [0, 0.1) is 0 Å². The molecule has 1 atom stereocenters. The zero-order valence-electron chi connectivity index (χ0n) is 14.6. The highest BCUT2D eigenvalue weighted by Crippen LogP contribution is 2.32. The van der Waals surface area contributed by atoms with Gasteiger partial charge in [-0.3, -0.25) is 4.79 Å². The Labute approximate surface area is 147 Å². The maximum atomic E-state index is 12.8. The Morgan fingerprint density at radius 3 is 3.00 bits per heavy atom. The molecule has 132 valence electrons. The van der Waals surface area contributed by atoms with E-state index < -0.39 is 0 Å². The topological polar surface area (TPSA) is 69.0 Å². The van der Waals surface area contributed by atoms with Gasteiger partial charge in [0.2, 0.25) is 5.82 Å². The van der Waals surface area contributed by atoms with Crippen molar-refractivity contribution < 1.29 is 9.53 Å². The van der Waals surface area contributed by atoms with Crippen LogP contribution in [0.2, 0.25) is 0 Å². The number of methoxy groups -OCH3 is 1. The minimum Gasteiger partial charge on any atom is -0.497 e. The molecule has 25 heavy (non-hydrogen) atoms.